The Bertz CT molecular complexity index is 538. The number of benzene rings is 1. The molecule has 0 aliphatic rings. The van der Waals surface area contributed by atoms with Crippen LogP contribution in [0.15, 0.2) is 30.6 Å². The lowest BCUT2D eigenvalue weighted by Gasteiger charge is -2.14. The molecule has 2 aromatic rings. The molecule has 1 atom stereocenters. The minimum Gasteiger partial charge on any atom is -0.491 e. The number of nitrogens with zero attached hydrogens (tertiary/aromatic N) is 3. The van der Waals surface area contributed by atoms with Gasteiger partial charge in [0.25, 0.3) is 0 Å². The first-order valence-corrected chi connectivity index (χ1v) is 7.10. The van der Waals surface area contributed by atoms with E-state index in [1.54, 1.807) is 6.33 Å². The van der Waals surface area contributed by atoms with Crippen molar-refractivity contribution < 1.29 is 4.74 Å². The van der Waals surface area contributed by atoms with Crippen molar-refractivity contribution >= 4 is 5.69 Å². The zero-order valence-corrected chi connectivity index (χ0v) is 12.3. The Morgan fingerprint density at radius 2 is 2.20 bits per heavy atom. The fraction of sp³-hybridized carbons (Fsp3) is 0.467. The second-order valence-corrected chi connectivity index (χ2v) is 4.71. The van der Waals surface area contributed by atoms with Crippen LogP contribution in [0, 0.1) is 0 Å². The van der Waals surface area contributed by atoms with E-state index in [4.69, 9.17) is 4.74 Å². The molecule has 1 aromatic heterocycles. The molecule has 1 heterocycles. The quantitative estimate of drug-likeness (QED) is 0.843. The molecular formula is C15H22N4O. The van der Waals surface area contributed by atoms with E-state index in [1.807, 2.05) is 28.9 Å². The molecule has 5 nitrogen and oxygen atoms in total. The second kappa shape index (κ2) is 6.93. The summed E-state index contributed by atoms with van der Waals surface area (Å²) in [6.07, 6.45) is 2.81. The van der Waals surface area contributed by atoms with E-state index in [0.717, 1.165) is 30.2 Å². The number of aromatic nitrogens is 3. The number of aryl methyl sites for hydroxylation is 1. The molecule has 108 valence electrons. The van der Waals surface area contributed by atoms with Gasteiger partial charge in [0.2, 0.25) is 0 Å². The number of nitrogens with one attached hydrogen (secondary N) is 1. The fourth-order valence-electron chi connectivity index (χ4n) is 1.87. The number of ether oxygens (including phenoxy) is 1. The van der Waals surface area contributed by atoms with Crippen molar-refractivity contribution in [3.8, 4) is 5.75 Å². The van der Waals surface area contributed by atoms with Gasteiger partial charge in [0.1, 0.15) is 17.9 Å². The maximum Gasteiger partial charge on any atom is 0.146 e. The molecular weight excluding hydrogens is 252 g/mol. The van der Waals surface area contributed by atoms with E-state index in [1.165, 1.54) is 0 Å². The first kappa shape index (κ1) is 14.4. The Morgan fingerprint density at radius 1 is 1.35 bits per heavy atom. The maximum atomic E-state index is 5.81. The van der Waals surface area contributed by atoms with Crippen molar-refractivity contribution in [3.63, 3.8) is 0 Å². The minimum absolute atomic E-state index is 0.230. The third-order valence-electron chi connectivity index (χ3n) is 3.19. The van der Waals surface area contributed by atoms with E-state index in [0.29, 0.717) is 6.54 Å². The topological polar surface area (TPSA) is 52.0 Å². The molecule has 0 saturated carbocycles. The van der Waals surface area contributed by atoms with E-state index in [2.05, 4.69) is 36.2 Å². The van der Waals surface area contributed by atoms with E-state index >= 15 is 0 Å². The van der Waals surface area contributed by atoms with E-state index < -0.39 is 0 Å². The lowest BCUT2D eigenvalue weighted by Crippen LogP contribution is -2.11. The SMILES string of the molecule is CCC(C)Oc1cccc(NCc2ncnn2CC)c1. The molecule has 0 aliphatic carbocycles. The fourth-order valence-corrected chi connectivity index (χ4v) is 1.87. The van der Waals surface area contributed by atoms with Gasteiger partial charge in [-0.15, -0.1) is 0 Å². The summed E-state index contributed by atoms with van der Waals surface area (Å²) < 4.78 is 7.69. The predicted octanol–water partition coefficient (Wildman–Crippen LogP) is 3.09. The molecule has 1 N–H and O–H groups in total. The Morgan fingerprint density at radius 3 is 2.95 bits per heavy atom. The molecule has 0 radical (unpaired) electrons. The lowest BCUT2D eigenvalue weighted by atomic mass is 10.2. The molecule has 1 unspecified atom stereocenters. The highest BCUT2D eigenvalue weighted by Crippen LogP contribution is 2.19. The monoisotopic (exact) mass is 274 g/mol. The molecule has 0 amide bonds. The second-order valence-electron chi connectivity index (χ2n) is 4.71. The van der Waals surface area contributed by atoms with E-state index in [-0.39, 0.29) is 6.10 Å². The number of hydrogen-bond donors (Lipinski definition) is 1. The molecule has 1 aromatic carbocycles. The first-order valence-electron chi connectivity index (χ1n) is 7.10. The maximum absolute atomic E-state index is 5.81. The Kier molecular flexibility index (Phi) is 4.98. The summed E-state index contributed by atoms with van der Waals surface area (Å²) in [4.78, 5) is 4.24. The van der Waals surface area contributed by atoms with Crippen molar-refractivity contribution in [1.29, 1.82) is 0 Å². The van der Waals surface area contributed by atoms with Gasteiger partial charge < -0.3 is 10.1 Å². The van der Waals surface area contributed by atoms with Crippen molar-refractivity contribution in [3.05, 3.63) is 36.4 Å². The van der Waals surface area contributed by atoms with Gasteiger partial charge in [-0.2, -0.15) is 5.10 Å². The summed E-state index contributed by atoms with van der Waals surface area (Å²) >= 11 is 0. The van der Waals surface area contributed by atoms with Gasteiger partial charge >= 0.3 is 0 Å². The van der Waals surface area contributed by atoms with Crippen LogP contribution >= 0.6 is 0 Å². The molecule has 5 heteroatoms. The average Bonchev–Trinajstić information content (AvgIpc) is 2.93. The van der Waals surface area contributed by atoms with Crippen molar-refractivity contribution in [2.45, 2.75) is 46.4 Å². The largest absolute Gasteiger partial charge is 0.491 e. The first-order chi connectivity index (χ1) is 9.72. The smallest absolute Gasteiger partial charge is 0.146 e. The Hall–Kier alpha value is -2.04. The summed E-state index contributed by atoms with van der Waals surface area (Å²) in [5, 5.41) is 7.51. The van der Waals surface area contributed by atoms with Crippen LogP contribution in [0.4, 0.5) is 5.69 Å². The Balaban J connectivity index is 1.97. The lowest BCUT2D eigenvalue weighted by molar-refractivity contribution is 0.217. The Labute approximate surface area is 120 Å². The third-order valence-corrected chi connectivity index (χ3v) is 3.19. The molecule has 2 rings (SSSR count). The molecule has 20 heavy (non-hydrogen) atoms. The van der Waals surface area contributed by atoms with Crippen LogP contribution < -0.4 is 10.1 Å². The molecule has 0 aliphatic heterocycles. The predicted molar refractivity (Wildman–Crippen MR) is 79.8 cm³/mol. The van der Waals surface area contributed by atoms with Crippen LogP contribution in [-0.4, -0.2) is 20.9 Å². The summed E-state index contributed by atoms with van der Waals surface area (Å²) in [5.41, 5.74) is 1.02. The van der Waals surface area contributed by atoms with Crippen LogP contribution in [0.5, 0.6) is 5.75 Å². The van der Waals surface area contributed by atoms with Crippen LogP contribution in [0.1, 0.15) is 33.0 Å². The number of hydrogen-bond acceptors (Lipinski definition) is 4. The van der Waals surface area contributed by atoms with Crippen LogP contribution in [0.25, 0.3) is 0 Å². The van der Waals surface area contributed by atoms with Gasteiger partial charge in [0.15, 0.2) is 0 Å². The molecule has 0 bridgehead atoms. The van der Waals surface area contributed by atoms with E-state index in [9.17, 15) is 0 Å². The van der Waals surface area contributed by atoms with Crippen molar-refractivity contribution in [2.24, 2.45) is 0 Å². The van der Waals surface area contributed by atoms with Crippen molar-refractivity contribution in [2.75, 3.05) is 5.32 Å². The van der Waals surface area contributed by atoms with Gasteiger partial charge in [0.05, 0.1) is 12.6 Å². The van der Waals surface area contributed by atoms with Gasteiger partial charge in [-0.3, -0.25) is 0 Å². The van der Waals surface area contributed by atoms with Gasteiger partial charge in [-0.05, 0) is 32.4 Å². The zero-order chi connectivity index (χ0) is 14.4. The summed E-state index contributed by atoms with van der Waals surface area (Å²) in [6.45, 7) is 7.72. The third kappa shape index (κ3) is 3.73. The number of rotatable bonds is 7. The molecule has 0 fully saturated rings. The number of anilines is 1. The normalized spacial score (nSPS) is 12.2. The van der Waals surface area contributed by atoms with Gasteiger partial charge in [-0.1, -0.05) is 13.0 Å². The summed E-state index contributed by atoms with van der Waals surface area (Å²) in [6, 6.07) is 8.01. The van der Waals surface area contributed by atoms with Gasteiger partial charge in [0, 0.05) is 18.3 Å². The molecule has 0 saturated heterocycles. The highest BCUT2D eigenvalue weighted by atomic mass is 16.5. The minimum atomic E-state index is 0.230. The highest BCUT2D eigenvalue weighted by molar-refractivity contribution is 5.48. The zero-order valence-electron chi connectivity index (χ0n) is 12.3. The highest BCUT2D eigenvalue weighted by Gasteiger charge is 2.04. The van der Waals surface area contributed by atoms with Crippen LogP contribution in [-0.2, 0) is 13.1 Å². The van der Waals surface area contributed by atoms with Crippen molar-refractivity contribution in [1.82, 2.24) is 14.8 Å². The summed E-state index contributed by atoms with van der Waals surface area (Å²) in [7, 11) is 0. The standard InChI is InChI=1S/C15H22N4O/c1-4-12(3)20-14-8-6-7-13(9-14)16-10-15-17-11-18-19(15)5-2/h6-9,11-12,16H,4-5,10H2,1-3H3. The average molecular weight is 274 g/mol. The van der Waals surface area contributed by atoms with Gasteiger partial charge in [-0.25, -0.2) is 9.67 Å². The summed E-state index contributed by atoms with van der Waals surface area (Å²) in [5.74, 6) is 1.82. The van der Waals surface area contributed by atoms with Crippen LogP contribution in [0.3, 0.4) is 0 Å². The van der Waals surface area contributed by atoms with Crippen LogP contribution in [0.2, 0.25) is 0 Å². The molecule has 0 spiro atoms.